The zero-order valence-corrected chi connectivity index (χ0v) is 14.2. The number of esters is 1. The smallest absolute Gasteiger partial charge is 0.338 e. The number of fused-ring (bicyclic) bond motifs is 1. The Labute approximate surface area is 149 Å². The van der Waals surface area contributed by atoms with Crippen LogP contribution in [0.5, 0.6) is 0 Å². The molecule has 128 valence electrons. The summed E-state index contributed by atoms with van der Waals surface area (Å²) < 4.78 is 7.39. The lowest BCUT2D eigenvalue weighted by atomic mass is 9.75. The van der Waals surface area contributed by atoms with Crippen molar-refractivity contribution in [2.24, 2.45) is 5.92 Å². The highest BCUT2D eigenvalue weighted by atomic mass is 35.5. The third-order valence-electron chi connectivity index (χ3n) is 4.64. The van der Waals surface area contributed by atoms with E-state index in [4.69, 9.17) is 22.1 Å². The van der Waals surface area contributed by atoms with Gasteiger partial charge in [-0.15, -0.1) is 0 Å². The van der Waals surface area contributed by atoms with E-state index in [1.54, 1.807) is 36.7 Å². The fourth-order valence-corrected chi connectivity index (χ4v) is 3.39. The van der Waals surface area contributed by atoms with Gasteiger partial charge in [-0.2, -0.15) is 0 Å². The van der Waals surface area contributed by atoms with E-state index in [1.807, 2.05) is 10.6 Å². The summed E-state index contributed by atoms with van der Waals surface area (Å²) in [6.45, 7) is 0.422. The molecule has 2 heterocycles. The van der Waals surface area contributed by atoms with Gasteiger partial charge in [0.1, 0.15) is 11.3 Å². The number of benzene rings is 1. The first-order valence-corrected chi connectivity index (χ1v) is 8.49. The Morgan fingerprint density at radius 3 is 2.80 bits per heavy atom. The van der Waals surface area contributed by atoms with Crippen molar-refractivity contribution in [2.75, 3.05) is 12.3 Å². The minimum atomic E-state index is -0.312. The lowest BCUT2D eigenvalue weighted by Crippen LogP contribution is -2.28. The molecule has 0 radical (unpaired) electrons. The Balaban J connectivity index is 1.34. The van der Waals surface area contributed by atoms with Crippen LogP contribution in [0.15, 0.2) is 42.9 Å². The Hall–Kier alpha value is -2.60. The summed E-state index contributed by atoms with van der Waals surface area (Å²) >= 11 is 6.08. The molecule has 1 fully saturated rings. The summed E-state index contributed by atoms with van der Waals surface area (Å²) in [7, 11) is 0. The molecule has 0 saturated heterocycles. The van der Waals surface area contributed by atoms with Crippen LogP contribution in [0.3, 0.4) is 0 Å². The van der Waals surface area contributed by atoms with Gasteiger partial charge in [-0.3, -0.25) is 4.40 Å². The minimum absolute atomic E-state index is 0.312. The summed E-state index contributed by atoms with van der Waals surface area (Å²) in [5.74, 6) is 1.38. The number of ether oxygens (including phenoxy) is 1. The molecule has 0 atom stereocenters. The molecule has 1 aliphatic rings. The van der Waals surface area contributed by atoms with E-state index in [1.165, 1.54) is 0 Å². The van der Waals surface area contributed by atoms with Gasteiger partial charge >= 0.3 is 5.97 Å². The van der Waals surface area contributed by atoms with Crippen molar-refractivity contribution in [1.29, 1.82) is 0 Å². The van der Waals surface area contributed by atoms with Crippen molar-refractivity contribution in [3.05, 3.63) is 59.4 Å². The first-order valence-electron chi connectivity index (χ1n) is 8.12. The fourth-order valence-electron chi connectivity index (χ4n) is 3.20. The first-order chi connectivity index (χ1) is 12.1. The third-order valence-corrected chi connectivity index (χ3v) is 4.93. The second-order valence-electron chi connectivity index (χ2n) is 6.34. The number of imidazole rings is 1. The monoisotopic (exact) mass is 356 g/mol. The van der Waals surface area contributed by atoms with E-state index in [-0.39, 0.29) is 5.97 Å². The highest BCUT2D eigenvalue weighted by Gasteiger charge is 2.34. The summed E-state index contributed by atoms with van der Waals surface area (Å²) in [4.78, 5) is 20.6. The van der Waals surface area contributed by atoms with Gasteiger partial charge in [0.2, 0.25) is 0 Å². The van der Waals surface area contributed by atoms with Crippen LogP contribution in [0.4, 0.5) is 5.69 Å². The number of carbonyl (C=O) groups is 1. The van der Waals surface area contributed by atoms with Crippen molar-refractivity contribution >= 4 is 28.8 Å². The molecular formula is C18H17ClN4O2. The number of nitrogens with two attached hydrogens (primary N) is 1. The van der Waals surface area contributed by atoms with Gasteiger partial charge in [0.05, 0.1) is 18.4 Å². The maximum Gasteiger partial charge on any atom is 0.338 e. The first kappa shape index (κ1) is 15.9. The topological polar surface area (TPSA) is 82.5 Å². The molecule has 4 rings (SSSR count). The number of anilines is 1. The average molecular weight is 357 g/mol. The van der Waals surface area contributed by atoms with Crippen LogP contribution in [0.25, 0.3) is 5.52 Å². The van der Waals surface area contributed by atoms with Crippen LogP contribution < -0.4 is 5.73 Å². The van der Waals surface area contributed by atoms with Gasteiger partial charge in [0.15, 0.2) is 5.15 Å². The van der Waals surface area contributed by atoms with E-state index in [0.717, 1.165) is 24.2 Å². The molecule has 2 aromatic heterocycles. The van der Waals surface area contributed by atoms with Gasteiger partial charge in [-0.05, 0) is 43.0 Å². The van der Waals surface area contributed by atoms with Crippen molar-refractivity contribution < 1.29 is 9.53 Å². The quantitative estimate of drug-likeness (QED) is 0.572. The lowest BCUT2D eigenvalue weighted by molar-refractivity contribution is 0.0341. The summed E-state index contributed by atoms with van der Waals surface area (Å²) in [5, 5.41) is 0.453. The molecule has 0 bridgehead atoms. The predicted octanol–water partition coefficient (Wildman–Crippen LogP) is 3.32. The Morgan fingerprint density at radius 1 is 1.28 bits per heavy atom. The van der Waals surface area contributed by atoms with E-state index in [2.05, 4.69) is 9.97 Å². The van der Waals surface area contributed by atoms with Crippen LogP contribution in [-0.2, 0) is 4.74 Å². The maximum atomic E-state index is 12.0. The van der Waals surface area contributed by atoms with E-state index in [0.29, 0.717) is 34.8 Å². The summed E-state index contributed by atoms with van der Waals surface area (Å²) in [6, 6.07) is 6.74. The van der Waals surface area contributed by atoms with Gasteiger partial charge in [0.25, 0.3) is 0 Å². The largest absolute Gasteiger partial charge is 0.462 e. The van der Waals surface area contributed by atoms with Crippen LogP contribution in [-0.4, -0.2) is 26.9 Å². The average Bonchev–Trinajstić information content (AvgIpc) is 2.99. The van der Waals surface area contributed by atoms with Gasteiger partial charge in [-0.25, -0.2) is 14.8 Å². The molecule has 25 heavy (non-hydrogen) atoms. The van der Waals surface area contributed by atoms with E-state index in [9.17, 15) is 4.79 Å². The molecule has 6 nitrogen and oxygen atoms in total. The van der Waals surface area contributed by atoms with Crippen LogP contribution in [0.2, 0.25) is 5.15 Å². The van der Waals surface area contributed by atoms with Crippen molar-refractivity contribution in [2.45, 2.75) is 18.8 Å². The van der Waals surface area contributed by atoms with E-state index < -0.39 is 0 Å². The highest BCUT2D eigenvalue weighted by molar-refractivity contribution is 6.32. The van der Waals surface area contributed by atoms with Crippen molar-refractivity contribution in [1.82, 2.24) is 14.4 Å². The normalized spacial score (nSPS) is 19.6. The fraction of sp³-hybridized carbons (Fsp3) is 0.278. The number of hydrogen-bond acceptors (Lipinski definition) is 5. The maximum absolute atomic E-state index is 12.0. The number of carbonyl (C=O) groups excluding carboxylic acids is 1. The SMILES string of the molecule is Nc1ccc(C(=O)OC[C@H]2C[C@H](c3ncc4c(Cl)nccn43)C2)cc1. The summed E-state index contributed by atoms with van der Waals surface area (Å²) in [5.41, 5.74) is 7.58. The third kappa shape index (κ3) is 3.05. The van der Waals surface area contributed by atoms with Gasteiger partial charge < -0.3 is 10.5 Å². The molecule has 1 saturated carbocycles. The number of halogens is 1. The number of nitrogens with zero attached hydrogens (tertiary/aromatic N) is 3. The second kappa shape index (κ2) is 6.37. The molecule has 0 spiro atoms. The minimum Gasteiger partial charge on any atom is -0.462 e. The zero-order valence-electron chi connectivity index (χ0n) is 13.4. The van der Waals surface area contributed by atoms with Crippen LogP contribution >= 0.6 is 11.6 Å². The number of aromatic nitrogens is 3. The van der Waals surface area contributed by atoms with E-state index >= 15 is 0 Å². The van der Waals surface area contributed by atoms with Crippen LogP contribution in [0, 0.1) is 5.92 Å². The zero-order chi connectivity index (χ0) is 17.4. The highest BCUT2D eigenvalue weighted by Crippen LogP contribution is 2.41. The molecule has 1 aromatic carbocycles. The molecule has 7 heteroatoms. The molecule has 0 unspecified atom stereocenters. The van der Waals surface area contributed by atoms with Crippen molar-refractivity contribution in [3.8, 4) is 0 Å². The molecule has 1 aliphatic carbocycles. The lowest BCUT2D eigenvalue weighted by Gasteiger charge is -2.34. The Kier molecular flexibility index (Phi) is 4.05. The molecule has 3 aromatic rings. The standard InChI is InChI=1S/C18H17ClN4O2/c19-16-15-9-22-17(23(15)6-5-21-16)13-7-11(8-13)10-25-18(24)12-1-3-14(20)4-2-12/h1-6,9,11,13H,7-8,10,20H2/t11-,13-. The van der Waals surface area contributed by atoms with Gasteiger partial charge in [-0.1, -0.05) is 11.6 Å². The number of nitrogen functional groups attached to an aromatic ring is 1. The predicted molar refractivity (Wildman–Crippen MR) is 94.6 cm³/mol. The van der Waals surface area contributed by atoms with Gasteiger partial charge in [0, 0.05) is 24.0 Å². The Morgan fingerprint density at radius 2 is 2.04 bits per heavy atom. The number of rotatable bonds is 4. The molecule has 0 amide bonds. The second-order valence-corrected chi connectivity index (χ2v) is 6.70. The van der Waals surface area contributed by atoms with Crippen molar-refractivity contribution in [3.63, 3.8) is 0 Å². The molecule has 2 N–H and O–H groups in total. The van der Waals surface area contributed by atoms with Crippen LogP contribution in [0.1, 0.15) is 34.9 Å². The molecular weight excluding hydrogens is 340 g/mol. The Bertz CT molecular complexity index is 916. The molecule has 0 aliphatic heterocycles. The summed E-state index contributed by atoms with van der Waals surface area (Å²) in [6.07, 6.45) is 7.17. The number of hydrogen-bond donors (Lipinski definition) is 1.